The summed E-state index contributed by atoms with van der Waals surface area (Å²) >= 11 is 0. The van der Waals surface area contributed by atoms with Crippen LogP contribution in [0.3, 0.4) is 0 Å². The molecule has 10 heteroatoms. The lowest BCUT2D eigenvalue weighted by Gasteiger charge is -2.15. The maximum Gasteiger partial charge on any atom is 0.339 e. The van der Waals surface area contributed by atoms with Crippen LogP contribution in [0.15, 0.2) is 72.8 Å². The molecule has 1 unspecified atom stereocenters. The summed E-state index contributed by atoms with van der Waals surface area (Å²) in [6.45, 7) is 1.47. The number of carbonyl (C=O) groups is 2. The molecule has 4 aromatic rings. The van der Waals surface area contributed by atoms with Gasteiger partial charge in [0.1, 0.15) is 0 Å². The van der Waals surface area contributed by atoms with Gasteiger partial charge in [0, 0.05) is 18.1 Å². The molecule has 36 heavy (non-hydrogen) atoms. The number of benzene rings is 4. The highest BCUT2D eigenvalue weighted by molar-refractivity contribution is 6.16. The molecule has 0 aromatic heterocycles. The van der Waals surface area contributed by atoms with Crippen molar-refractivity contribution in [1.82, 2.24) is 0 Å². The molecular formula is C26H20N2O8. The zero-order chi connectivity index (χ0) is 25.8. The quantitative estimate of drug-likeness (QED) is 0.138. The Balaban J connectivity index is 1.44. The summed E-state index contributed by atoms with van der Waals surface area (Å²) in [5.41, 5.74) is -1.07. The predicted octanol–water partition coefficient (Wildman–Crippen LogP) is 5.46. The lowest BCUT2D eigenvalue weighted by atomic mass is 9.97. The summed E-state index contributed by atoms with van der Waals surface area (Å²) in [7, 11) is 0. The van der Waals surface area contributed by atoms with E-state index in [2.05, 4.69) is 0 Å². The van der Waals surface area contributed by atoms with Gasteiger partial charge in [0.25, 0.3) is 11.4 Å². The first-order valence-electron chi connectivity index (χ1n) is 10.9. The fraction of sp³-hybridized carbons (Fsp3) is 0.154. The van der Waals surface area contributed by atoms with Crippen molar-refractivity contribution in [1.29, 1.82) is 0 Å². The lowest BCUT2D eigenvalue weighted by Crippen LogP contribution is -2.19. The summed E-state index contributed by atoms with van der Waals surface area (Å²) in [5.74, 6) is -1.89. The van der Waals surface area contributed by atoms with Gasteiger partial charge in [-0.2, -0.15) is 0 Å². The van der Waals surface area contributed by atoms with Gasteiger partial charge in [-0.3, -0.25) is 20.2 Å². The van der Waals surface area contributed by atoms with Gasteiger partial charge in [-0.15, -0.1) is 0 Å². The van der Waals surface area contributed by atoms with Crippen LogP contribution < -0.4 is 0 Å². The molecule has 0 bridgehead atoms. The Labute approximate surface area is 204 Å². The van der Waals surface area contributed by atoms with E-state index in [4.69, 9.17) is 9.47 Å². The fourth-order valence-electron chi connectivity index (χ4n) is 3.80. The second kappa shape index (κ2) is 10.2. The highest BCUT2D eigenvalue weighted by atomic mass is 16.6. The van der Waals surface area contributed by atoms with E-state index in [1.807, 2.05) is 54.6 Å². The summed E-state index contributed by atoms with van der Waals surface area (Å²) in [5, 5.41) is 25.4. The highest BCUT2D eigenvalue weighted by Crippen LogP contribution is 2.29. The Kier molecular flexibility index (Phi) is 6.86. The second-order valence-electron chi connectivity index (χ2n) is 8.25. The molecule has 0 spiro atoms. The van der Waals surface area contributed by atoms with Crippen molar-refractivity contribution in [3.63, 3.8) is 0 Å². The number of nitro benzene ring substituents is 2. The third kappa shape index (κ3) is 5.12. The van der Waals surface area contributed by atoms with Gasteiger partial charge in [-0.05, 0) is 27.6 Å². The van der Waals surface area contributed by atoms with Crippen LogP contribution in [0.1, 0.15) is 27.6 Å². The molecule has 0 radical (unpaired) electrons. The first kappa shape index (κ1) is 24.3. The molecule has 0 amide bonds. The van der Waals surface area contributed by atoms with Crippen LogP contribution in [0.4, 0.5) is 11.4 Å². The summed E-state index contributed by atoms with van der Waals surface area (Å²) in [4.78, 5) is 45.9. The number of nitrogens with zero attached hydrogens (tertiary/aromatic N) is 2. The van der Waals surface area contributed by atoms with Gasteiger partial charge < -0.3 is 9.47 Å². The number of ether oxygens (including phenoxy) is 2. The van der Waals surface area contributed by atoms with Crippen LogP contribution in [-0.4, -0.2) is 35.0 Å². The highest BCUT2D eigenvalue weighted by Gasteiger charge is 2.22. The predicted molar refractivity (Wildman–Crippen MR) is 131 cm³/mol. The maximum absolute atomic E-state index is 13.1. The van der Waals surface area contributed by atoms with Crippen LogP contribution in [0.5, 0.6) is 0 Å². The van der Waals surface area contributed by atoms with E-state index in [9.17, 15) is 29.8 Å². The Bertz CT molecular complexity index is 1430. The normalized spacial score (nSPS) is 11.7. The van der Waals surface area contributed by atoms with Crippen LogP contribution in [0, 0.1) is 26.1 Å². The molecule has 4 aromatic carbocycles. The number of non-ortho nitro benzene ring substituents is 2. The molecule has 0 heterocycles. The number of fused-ring (bicyclic) bond motifs is 2. The van der Waals surface area contributed by atoms with Crippen molar-refractivity contribution in [2.75, 3.05) is 13.2 Å². The molecule has 0 saturated heterocycles. The van der Waals surface area contributed by atoms with Crippen LogP contribution in [0.25, 0.3) is 21.5 Å². The summed E-state index contributed by atoms with van der Waals surface area (Å²) < 4.78 is 10.7. The van der Waals surface area contributed by atoms with Gasteiger partial charge in [0.2, 0.25) is 0 Å². The Morgan fingerprint density at radius 2 is 1.22 bits per heavy atom. The van der Waals surface area contributed by atoms with Crippen molar-refractivity contribution >= 4 is 44.9 Å². The minimum atomic E-state index is -0.958. The van der Waals surface area contributed by atoms with Crippen LogP contribution >= 0.6 is 0 Å². The van der Waals surface area contributed by atoms with Crippen molar-refractivity contribution < 1.29 is 28.9 Å². The third-order valence-corrected chi connectivity index (χ3v) is 5.53. The maximum atomic E-state index is 13.1. The topological polar surface area (TPSA) is 139 Å². The molecule has 0 aliphatic carbocycles. The molecule has 4 rings (SSSR count). The molecule has 0 saturated carbocycles. The first-order chi connectivity index (χ1) is 17.2. The molecule has 0 aliphatic rings. The third-order valence-electron chi connectivity index (χ3n) is 5.53. The molecule has 1 atom stereocenters. The second-order valence-corrected chi connectivity index (χ2v) is 8.25. The molecule has 0 fully saturated rings. The van der Waals surface area contributed by atoms with Gasteiger partial charge in [-0.25, -0.2) is 9.59 Å². The van der Waals surface area contributed by atoms with Gasteiger partial charge >= 0.3 is 11.9 Å². The van der Waals surface area contributed by atoms with Gasteiger partial charge in [0.15, 0.2) is 0 Å². The number of carbonyl (C=O) groups excluding carboxylic acids is 2. The van der Waals surface area contributed by atoms with E-state index in [0.717, 1.165) is 39.7 Å². The van der Waals surface area contributed by atoms with Gasteiger partial charge in [0.05, 0.1) is 40.3 Å². The SMILES string of the molecule is CC(COC(=O)c1cc([N+](=O)[O-])cc([N+](=O)[O-])c1)COC(=O)c1c2ccccc2cc2ccccc12. The average Bonchev–Trinajstić information content (AvgIpc) is 2.88. The standard InChI is InChI=1S/C26H20N2O8/c1-16(14-35-25(29)19-11-20(27(31)32)13-21(12-19)28(33)34)15-36-26(30)24-22-8-4-2-6-17(22)10-18-7-3-5-9-23(18)24/h2-13,16H,14-15H2,1H3. The fourth-order valence-corrected chi connectivity index (χ4v) is 3.80. The largest absolute Gasteiger partial charge is 0.462 e. The zero-order valence-corrected chi connectivity index (χ0v) is 19.1. The van der Waals surface area contributed by atoms with Crippen molar-refractivity contribution in [2.45, 2.75) is 6.92 Å². The Morgan fingerprint density at radius 3 is 1.72 bits per heavy atom. The van der Waals surface area contributed by atoms with E-state index < -0.39 is 39.1 Å². The average molecular weight is 488 g/mol. The van der Waals surface area contributed by atoms with E-state index in [0.29, 0.717) is 5.56 Å². The number of hydrogen-bond donors (Lipinski definition) is 0. The number of rotatable bonds is 8. The molecule has 10 nitrogen and oxygen atoms in total. The molecular weight excluding hydrogens is 468 g/mol. The van der Waals surface area contributed by atoms with E-state index in [1.54, 1.807) is 6.92 Å². The van der Waals surface area contributed by atoms with Crippen LogP contribution in [-0.2, 0) is 9.47 Å². The first-order valence-corrected chi connectivity index (χ1v) is 10.9. The molecule has 0 N–H and O–H groups in total. The Morgan fingerprint density at radius 1 is 0.750 bits per heavy atom. The van der Waals surface area contributed by atoms with Crippen molar-refractivity contribution in [2.24, 2.45) is 5.92 Å². The number of nitro groups is 2. The van der Waals surface area contributed by atoms with E-state index >= 15 is 0 Å². The monoisotopic (exact) mass is 488 g/mol. The Hall–Kier alpha value is -4.86. The smallest absolute Gasteiger partial charge is 0.339 e. The number of esters is 2. The summed E-state index contributed by atoms with van der Waals surface area (Å²) in [6, 6.07) is 19.6. The van der Waals surface area contributed by atoms with Crippen molar-refractivity contribution in [3.05, 3.63) is 104 Å². The van der Waals surface area contributed by atoms with E-state index in [-0.39, 0.29) is 18.8 Å². The minimum Gasteiger partial charge on any atom is -0.462 e. The minimum absolute atomic E-state index is 0.0568. The number of hydrogen-bond acceptors (Lipinski definition) is 8. The lowest BCUT2D eigenvalue weighted by molar-refractivity contribution is -0.394. The molecule has 0 aliphatic heterocycles. The summed E-state index contributed by atoms with van der Waals surface area (Å²) in [6.07, 6.45) is 0. The molecule has 182 valence electrons. The van der Waals surface area contributed by atoms with Crippen LogP contribution in [0.2, 0.25) is 0 Å². The van der Waals surface area contributed by atoms with E-state index in [1.165, 1.54) is 0 Å². The zero-order valence-electron chi connectivity index (χ0n) is 19.1. The van der Waals surface area contributed by atoms with Crippen molar-refractivity contribution in [3.8, 4) is 0 Å². The van der Waals surface area contributed by atoms with Gasteiger partial charge in [-0.1, -0.05) is 55.5 Å².